The van der Waals surface area contributed by atoms with Crippen LogP contribution in [-0.4, -0.2) is 30.2 Å². The van der Waals surface area contributed by atoms with Gasteiger partial charge in [-0.15, -0.1) is 0 Å². The van der Waals surface area contributed by atoms with Crippen molar-refractivity contribution in [2.24, 2.45) is 0 Å². The van der Waals surface area contributed by atoms with Gasteiger partial charge in [-0.3, -0.25) is 10.1 Å². The maximum atomic E-state index is 10.9. The lowest BCUT2D eigenvalue weighted by molar-refractivity contribution is -0.384. The molecule has 5 nitrogen and oxygen atoms in total. The van der Waals surface area contributed by atoms with E-state index in [2.05, 4.69) is 4.90 Å². The molecule has 1 aliphatic heterocycles. The second kappa shape index (κ2) is 5.97. The van der Waals surface area contributed by atoms with Gasteiger partial charge in [0.2, 0.25) is 0 Å². The molecule has 1 heterocycles. The summed E-state index contributed by atoms with van der Waals surface area (Å²) >= 11 is 6.30. The van der Waals surface area contributed by atoms with Crippen LogP contribution in [-0.2, 0) is 11.2 Å². The molecule has 0 bridgehead atoms. The number of benzene rings is 1. The van der Waals surface area contributed by atoms with Gasteiger partial charge in [0.15, 0.2) is 0 Å². The van der Waals surface area contributed by atoms with Crippen LogP contribution < -0.4 is 4.90 Å². The molecule has 2 rings (SSSR count). The number of aryl methyl sites for hydroxylation is 1. The van der Waals surface area contributed by atoms with Crippen molar-refractivity contribution in [3.8, 4) is 0 Å². The molecule has 20 heavy (non-hydrogen) atoms. The SMILES string of the molecule is CCc1cc([N+](=O)[O-])cc(Cl)c1N1C[C@@H](C)O[C@@H](C)C1. The van der Waals surface area contributed by atoms with Crippen molar-refractivity contribution in [3.05, 3.63) is 32.8 Å². The first-order valence-electron chi connectivity index (χ1n) is 6.79. The number of nitrogens with zero attached hydrogens (tertiary/aromatic N) is 2. The molecule has 1 aliphatic rings. The Balaban J connectivity index is 2.42. The van der Waals surface area contributed by atoms with Gasteiger partial charge < -0.3 is 9.64 Å². The number of non-ortho nitro benzene ring substituents is 1. The summed E-state index contributed by atoms with van der Waals surface area (Å²) in [6.07, 6.45) is 0.945. The Labute approximate surface area is 123 Å². The van der Waals surface area contributed by atoms with E-state index in [0.717, 1.165) is 24.3 Å². The van der Waals surface area contributed by atoms with Crippen molar-refractivity contribution in [2.45, 2.75) is 39.4 Å². The van der Waals surface area contributed by atoms with E-state index < -0.39 is 4.92 Å². The van der Waals surface area contributed by atoms with Gasteiger partial charge in [0.25, 0.3) is 5.69 Å². The van der Waals surface area contributed by atoms with Crippen molar-refractivity contribution < 1.29 is 9.66 Å². The third-order valence-corrected chi connectivity index (χ3v) is 3.74. The number of hydrogen-bond acceptors (Lipinski definition) is 4. The highest BCUT2D eigenvalue weighted by Crippen LogP contribution is 2.36. The lowest BCUT2D eigenvalue weighted by Crippen LogP contribution is -2.46. The highest BCUT2D eigenvalue weighted by Gasteiger charge is 2.26. The average molecular weight is 299 g/mol. The maximum absolute atomic E-state index is 10.9. The van der Waals surface area contributed by atoms with E-state index in [1.807, 2.05) is 20.8 Å². The van der Waals surface area contributed by atoms with Crippen molar-refractivity contribution in [3.63, 3.8) is 0 Å². The summed E-state index contributed by atoms with van der Waals surface area (Å²) in [5.74, 6) is 0. The predicted molar refractivity (Wildman–Crippen MR) is 79.7 cm³/mol. The third-order valence-electron chi connectivity index (χ3n) is 3.45. The number of ether oxygens (including phenoxy) is 1. The summed E-state index contributed by atoms with van der Waals surface area (Å²) in [7, 11) is 0. The molecule has 0 unspecified atom stereocenters. The molecule has 6 heteroatoms. The standard InChI is InChI=1S/C14H19ClN2O3/c1-4-11-5-12(17(18)19)6-13(15)14(11)16-7-9(2)20-10(3)8-16/h5-6,9-10H,4,7-8H2,1-3H3/t9-,10+. The zero-order valence-electron chi connectivity index (χ0n) is 11.9. The number of morpholine rings is 1. The topological polar surface area (TPSA) is 55.6 Å². The lowest BCUT2D eigenvalue weighted by Gasteiger charge is -2.38. The summed E-state index contributed by atoms with van der Waals surface area (Å²) in [6.45, 7) is 7.51. The van der Waals surface area contributed by atoms with Crippen LogP contribution in [0.1, 0.15) is 26.3 Å². The fourth-order valence-electron chi connectivity index (χ4n) is 2.73. The second-order valence-electron chi connectivity index (χ2n) is 5.21. The van der Waals surface area contributed by atoms with E-state index in [-0.39, 0.29) is 17.9 Å². The van der Waals surface area contributed by atoms with E-state index in [1.165, 1.54) is 6.07 Å². The molecule has 0 N–H and O–H groups in total. The van der Waals surface area contributed by atoms with Crippen molar-refractivity contribution >= 4 is 23.0 Å². The molecule has 0 radical (unpaired) electrons. The van der Waals surface area contributed by atoms with Crippen molar-refractivity contribution in [1.82, 2.24) is 0 Å². The fraction of sp³-hybridized carbons (Fsp3) is 0.571. The minimum absolute atomic E-state index is 0.0463. The van der Waals surface area contributed by atoms with Gasteiger partial charge in [0.05, 0.1) is 27.8 Å². The molecule has 1 aromatic carbocycles. The molecule has 1 saturated heterocycles. The lowest BCUT2D eigenvalue weighted by atomic mass is 10.1. The highest BCUT2D eigenvalue weighted by molar-refractivity contribution is 6.33. The second-order valence-corrected chi connectivity index (χ2v) is 5.62. The zero-order chi connectivity index (χ0) is 14.9. The molecule has 0 aromatic heterocycles. The van der Waals surface area contributed by atoms with Gasteiger partial charge in [-0.05, 0) is 25.8 Å². The summed E-state index contributed by atoms with van der Waals surface area (Å²) in [6, 6.07) is 3.05. The molecule has 2 atom stereocenters. The smallest absolute Gasteiger partial charge is 0.271 e. The first kappa shape index (κ1) is 15.1. The Morgan fingerprint density at radius 3 is 2.50 bits per heavy atom. The largest absolute Gasteiger partial charge is 0.372 e. The van der Waals surface area contributed by atoms with E-state index >= 15 is 0 Å². The zero-order valence-corrected chi connectivity index (χ0v) is 12.7. The predicted octanol–water partition coefficient (Wildman–Crippen LogP) is 3.42. The first-order chi connectivity index (χ1) is 9.42. The normalized spacial score (nSPS) is 22.9. The Hall–Kier alpha value is -1.33. The molecular weight excluding hydrogens is 280 g/mol. The van der Waals surface area contributed by atoms with Crippen LogP contribution in [0.25, 0.3) is 0 Å². The van der Waals surface area contributed by atoms with Gasteiger partial charge in [0.1, 0.15) is 0 Å². The van der Waals surface area contributed by atoms with Crippen LogP contribution in [0.4, 0.5) is 11.4 Å². The number of anilines is 1. The minimum atomic E-state index is -0.403. The Kier molecular flexibility index (Phi) is 4.50. The first-order valence-corrected chi connectivity index (χ1v) is 7.17. The van der Waals surface area contributed by atoms with Crippen LogP contribution in [0.2, 0.25) is 5.02 Å². The number of halogens is 1. The van der Waals surface area contributed by atoms with Crippen LogP contribution in [0, 0.1) is 10.1 Å². The average Bonchev–Trinajstić information content (AvgIpc) is 2.36. The third kappa shape index (κ3) is 3.04. The monoisotopic (exact) mass is 298 g/mol. The molecule has 1 fully saturated rings. The van der Waals surface area contributed by atoms with Gasteiger partial charge in [0, 0.05) is 25.2 Å². The van der Waals surface area contributed by atoms with E-state index in [0.29, 0.717) is 11.4 Å². The van der Waals surface area contributed by atoms with Gasteiger partial charge in [-0.1, -0.05) is 18.5 Å². The maximum Gasteiger partial charge on any atom is 0.271 e. The van der Waals surface area contributed by atoms with Crippen LogP contribution in [0.3, 0.4) is 0 Å². The quantitative estimate of drug-likeness (QED) is 0.634. The molecular formula is C14H19ClN2O3. The van der Waals surface area contributed by atoms with Crippen LogP contribution >= 0.6 is 11.6 Å². The molecule has 110 valence electrons. The minimum Gasteiger partial charge on any atom is -0.372 e. The molecule has 0 saturated carbocycles. The molecule has 0 aliphatic carbocycles. The summed E-state index contributed by atoms with van der Waals surface area (Å²) in [5, 5.41) is 11.4. The number of nitro benzene ring substituents is 1. The van der Waals surface area contributed by atoms with Gasteiger partial charge in [-0.25, -0.2) is 0 Å². The van der Waals surface area contributed by atoms with Crippen molar-refractivity contribution in [2.75, 3.05) is 18.0 Å². The van der Waals surface area contributed by atoms with E-state index in [9.17, 15) is 10.1 Å². The van der Waals surface area contributed by atoms with E-state index in [1.54, 1.807) is 6.07 Å². The molecule has 0 amide bonds. The number of hydrogen-bond donors (Lipinski definition) is 0. The summed E-state index contributed by atoms with van der Waals surface area (Å²) in [4.78, 5) is 12.7. The van der Waals surface area contributed by atoms with E-state index in [4.69, 9.17) is 16.3 Å². The summed E-state index contributed by atoms with van der Waals surface area (Å²) in [5.41, 5.74) is 1.86. The molecule has 0 spiro atoms. The van der Waals surface area contributed by atoms with Crippen LogP contribution in [0.15, 0.2) is 12.1 Å². The van der Waals surface area contributed by atoms with Gasteiger partial charge >= 0.3 is 0 Å². The highest BCUT2D eigenvalue weighted by atomic mass is 35.5. The van der Waals surface area contributed by atoms with Gasteiger partial charge in [-0.2, -0.15) is 0 Å². The number of nitro groups is 1. The van der Waals surface area contributed by atoms with Crippen molar-refractivity contribution in [1.29, 1.82) is 0 Å². The molecule has 1 aromatic rings. The summed E-state index contributed by atoms with van der Waals surface area (Å²) < 4.78 is 5.72. The Morgan fingerprint density at radius 1 is 1.40 bits per heavy atom. The Bertz CT molecular complexity index is 511. The number of rotatable bonds is 3. The Morgan fingerprint density at radius 2 is 2.00 bits per heavy atom. The van der Waals surface area contributed by atoms with Crippen LogP contribution in [0.5, 0.6) is 0 Å². The fourth-order valence-corrected chi connectivity index (χ4v) is 3.08.